The van der Waals surface area contributed by atoms with E-state index >= 15 is 0 Å². The van der Waals surface area contributed by atoms with E-state index < -0.39 is 4.33 Å². The van der Waals surface area contributed by atoms with Crippen molar-refractivity contribution in [1.29, 1.82) is 0 Å². The Bertz CT molecular complexity index is 494. The minimum Gasteiger partial charge on any atom is -0.338 e. The van der Waals surface area contributed by atoms with Gasteiger partial charge in [0.1, 0.15) is 4.33 Å². The fraction of sp³-hybridized carbons (Fsp3) is 0.750. The van der Waals surface area contributed by atoms with Gasteiger partial charge in [-0.15, -0.1) is 23.2 Å². The Hall–Kier alpha value is -0.175. The summed E-state index contributed by atoms with van der Waals surface area (Å²) in [6, 6.07) is 10.9. The Kier molecular flexibility index (Phi) is 11.0. The highest BCUT2D eigenvalue weighted by molar-refractivity contribution is 6.71. The van der Waals surface area contributed by atoms with Crippen molar-refractivity contribution >= 4 is 35.5 Å². The molecule has 2 fully saturated rings. The van der Waals surface area contributed by atoms with Gasteiger partial charge in [-0.25, -0.2) is 0 Å². The van der Waals surface area contributed by atoms with Crippen LogP contribution < -0.4 is 5.46 Å². The van der Waals surface area contributed by atoms with Gasteiger partial charge in [-0.05, 0) is 62.9 Å². The van der Waals surface area contributed by atoms with Crippen LogP contribution in [0, 0.1) is 29.6 Å². The second kappa shape index (κ2) is 11.9. The lowest BCUT2D eigenvalue weighted by Gasteiger charge is -2.19. The van der Waals surface area contributed by atoms with Crippen LogP contribution >= 0.6 is 23.2 Å². The molecule has 1 aromatic rings. The van der Waals surface area contributed by atoms with Crippen LogP contribution in [-0.4, -0.2) is 29.1 Å². The number of nitrogens with zero attached hydrogens (tertiary/aromatic N) is 1. The van der Waals surface area contributed by atoms with Crippen molar-refractivity contribution in [2.45, 2.75) is 72.5 Å². The van der Waals surface area contributed by atoms with Crippen LogP contribution in [0.5, 0.6) is 0 Å². The van der Waals surface area contributed by atoms with Gasteiger partial charge in [-0.3, -0.25) is 0 Å². The standard InChI is InChI=1S/C11H16BN.C10H20.C3H6Cl2/c1-2-13-10-6-9-12(13)11-7-4-3-5-8-11;1-6-7(2)9(4)10(5)8(6)3;1-3(2,4)5/h3-5,7-8H,2,6,9-10H2,1H3;6-10H,1-5H3;1-2H3. The first kappa shape index (κ1) is 25.9. The number of hydrogen-bond acceptors (Lipinski definition) is 1. The summed E-state index contributed by atoms with van der Waals surface area (Å²) in [4.78, 5) is 2.56. The molecule has 1 saturated carbocycles. The van der Waals surface area contributed by atoms with Crippen LogP contribution in [0.3, 0.4) is 0 Å². The predicted octanol–water partition coefficient (Wildman–Crippen LogP) is 6.99. The molecule has 0 radical (unpaired) electrons. The van der Waals surface area contributed by atoms with Gasteiger partial charge in [0.15, 0.2) is 0 Å². The maximum atomic E-state index is 5.30. The zero-order valence-corrected chi connectivity index (χ0v) is 20.9. The molecule has 1 aliphatic carbocycles. The maximum absolute atomic E-state index is 5.30. The highest BCUT2D eigenvalue weighted by atomic mass is 35.5. The molecular weight excluding hydrogens is 384 g/mol. The first-order valence-electron chi connectivity index (χ1n) is 11.1. The van der Waals surface area contributed by atoms with E-state index in [-0.39, 0.29) is 0 Å². The fourth-order valence-corrected chi connectivity index (χ4v) is 4.65. The van der Waals surface area contributed by atoms with Crippen molar-refractivity contribution in [2.75, 3.05) is 13.1 Å². The molecule has 0 N–H and O–H groups in total. The smallest absolute Gasteiger partial charge is 0.257 e. The fourth-order valence-electron chi connectivity index (χ4n) is 4.65. The minimum absolute atomic E-state index is 0.556. The number of rotatable bonds is 2. The molecule has 1 nitrogen and oxygen atoms in total. The third-order valence-corrected chi connectivity index (χ3v) is 7.10. The van der Waals surface area contributed by atoms with Crippen LogP contribution in [0.1, 0.15) is 61.8 Å². The number of halogens is 2. The Morgan fingerprint density at radius 2 is 1.29 bits per heavy atom. The molecule has 3 rings (SSSR count). The normalized spacial score (nSPS) is 30.4. The van der Waals surface area contributed by atoms with Gasteiger partial charge in [0.25, 0.3) is 6.85 Å². The van der Waals surface area contributed by atoms with Gasteiger partial charge in [0, 0.05) is 0 Å². The van der Waals surface area contributed by atoms with Crippen molar-refractivity contribution in [3.8, 4) is 0 Å². The molecule has 1 aromatic carbocycles. The van der Waals surface area contributed by atoms with Gasteiger partial charge in [0.05, 0.1) is 0 Å². The third-order valence-electron chi connectivity index (χ3n) is 7.10. The zero-order chi connectivity index (χ0) is 21.5. The van der Waals surface area contributed by atoms with E-state index in [2.05, 4.69) is 76.7 Å². The lowest BCUT2D eigenvalue weighted by Crippen LogP contribution is -2.43. The summed E-state index contributed by atoms with van der Waals surface area (Å²) in [5, 5.41) is 0. The van der Waals surface area contributed by atoms with Crippen LogP contribution in [0.25, 0.3) is 0 Å². The van der Waals surface area contributed by atoms with Crippen LogP contribution in [0.4, 0.5) is 0 Å². The second-order valence-corrected chi connectivity index (χ2v) is 11.4. The SMILES string of the molecule is CC(C)(Cl)Cl.CC1C(C)C(C)C(C)C1C.CCN1CCCB1c1ccccc1. The van der Waals surface area contributed by atoms with E-state index in [1.54, 1.807) is 13.8 Å². The summed E-state index contributed by atoms with van der Waals surface area (Å²) in [6.07, 6.45) is 2.69. The highest BCUT2D eigenvalue weighted by Crippen LogP contribution is 2.44. The molecule has 0 spiro atoms. The summed E-state index contributed by atoms with van der Waals surface area (Å²) in [5.74, 6) is 4.68. The largest absolute Gasteiger partial charge is 0.338 e. The Labute approximate surface area is 185 Å². The molecule has 1 aliphatic heterocycles. The molecule has 28 heavy (non-hydrogen) atoms. The quantitative estimate of drug-likeness (QED) is 0.364. The van der Waals surface area contributed by atoms with Crippen LogP contribution in [0.15, 0.2) is 30.3 Å². The minimum atomic E-state index is -0.556. The van der Waals surface area contributed by atoms with E-state index in [1.165, 1.54) is 31.3 Å². The lowest BCUT2D eigenvalue weighted by atomic mass is 9.54. The lowest BCUT2D eigenvalue weighted by molar-refractivity contribution is 0.352. The number of hydrogen-bond donors (Lipinski definition) is 0. The number of benzene rings is 1. The van der Waals surface area contributed by atoms with Crippen molar-refractivity contribution in [1.82, 2.24) is 4.81 Å². The molecule has 0 atom stereocenters. The molecular formula is C24H42BCl2N. The van der Waals surface area contributed by atoms with Gasteiger partial charge < -0.3 is 4.81 Å². The summed E-state index contributed by atoms with van der Waals surface area (Å²) >= 11 is 10.6. The van der Waals surface area contributed by atoms with Crippen molar-refractivity contribution in [2.24, 2.45) is 29.6 Å². The monoisotopic (exact) mass is 425 g/mol. The van der Waals surface area contributed by atoms with E-state index in [0.29, 0.717) is 6.85 Å². The molecule has 1 heterocycles. The molecule has 0 aromatic heterocycles. The van der Waals surface area contributed by atoms with Crippen molar-refractivity contribution in [3.63, 3.8) is 0 Å². The van der Waals surface area contributed by atoms with E-state index in [9.17, 15) is 0 Å². The summed E-state index contributed by atoms with van der Waals surface area (Å²) < 4.78 is -0.556. The molecule has 0 unspecified atom stereocenters. The average Bonchev–Trinajstić information content (AvgIpc) is 3.19. The predicted molar refractivity (Wildman–Crippen MR) is 130 cm³/mol. The molecule has 4 heteroatoms. The highest BCUT2D eigenvalue weighted by Gasteiger charge is 2.38. The Morgan fingerprint density at radius 3 is 1.64 bits per heavy atom. The van der Waals surface area contributed by atoms with E-state index in [4.69, 9.17) is 23.2 Å². The van der Waals surface area contributed by atoms with Gasteiger partial charge in [-0.1, -0.05) is 83.7 Å². The van der Waals surface area contributed by atoms with Crippen LogP contribution in [0.2, 0.25) is 6.32 Å². The summed E-state index contributed by atoms with van der Waals surface area (Å²) in [7, 11) is 0. The molecule has 0 bridgehead atoms. The summed E-state index contributed by atoms with van der Waals surface area (Å²) in [5.41, 5.74) is 1.49. The van der Waals surface area contributed by atoms with Crippen molar-refractivity contribution in [3.05, 3.63) is 30.3 Å². The van der Waals surface area contributed by atoms with Gasteiger partial charge in [0.2, 0.25) is 0 Å². The van der Waals surface area contributed by atoms with Gasteiger partial charge in [-0.2, -0.15) is 0 Å². The molecule has 0 amide bonds. The number of alkyl halides is 2. The Balaban J connectivity index is 0.000000233. The topological polar surface area (TPSA) is 3.24 Å². The van der Waals surface area contributed by atoms with Gasteiger partial charge >= 0.3 is 0 Å². The van der Waals surface area contributed by atoms with Crippen molar-refractivity contribution < 1.29 is 0 Å². The second-order valence-electron chi connectivity index (χ2n) is 9.32. The average molecular weight is 426 g/mol. The van der Waals surface area contributed by atoms with E-state index in [1.807, 2.05) is 0 Å². The summed E-state index contributed by atoms with van der Waals surface area (Å²) in [6.45, 7) is 20.8. The molecule has 160 valence electrons. The first-order valence-corrected chi connectivity index (χ1v) is 11.9. The molecule has 2 aliphatic rings. The van der Waals surface area contributed by atoms with E-state index in [0.717, 1.165) is 29.6 Å². The Morgan fingerprint density at radius 1 is 0.893 bits per heavy atom. The third kappa shape index (κ3) is 8.29. The first-order chi connectivity index (χ1) is 13.0. The van der Waals surface area contributed by atoms with Crippen LogP contribution in [-0.2, 0) is 0 Å². The molecule has 1 saturated heterocycles. The maximum Gasteiger partial charge on any atom is 0.257 e. The zero-order valence-electron chi connectivity index (χ0n) is 19.4.